The number of primary amides is 1. The van der Waals surface area contributed by atoms with Gasteiger partial charge in [-0.25, -0.2) is 0 Å². The van der Waals surface area contributed by atoms with Gasteiger partial charge in [-0.2, -0.15) is 0 Å². The Morgan fingerprint density at radius 3 is 2.55 bits per heavy atom. The van der Waals surface area contributed by atoms with Crippen molar-refractivity contribution < 1.29 is 14.7 Å². The number of amides is 1. The second kappa shape index (κ2) is 5.67. The molecule has 0 rings (SSSR count). The molecule has 0 atom stereocenters. The zero-order valence-electron chi connectivity index (χ0n) is 6.17. The molecular weight excluding hydrogens is 148 g/mol. The molecular formula is C6H12N2O3. The topological polar surface area (TPSA) is 92.4 Å². The number of nitrogens with two attached hydrogens (primary N) is 1. The van der Waals surface area contributed by atoms with Gasteiger partial charge in [-0.3, -0.25) is 9.59 Å². The Hall–Kier alpha value is -1.10. The molecule has 0 fully saturated rings. The Balaban J connectivity index is 3.03. The molecule has 0 aliphatic heterocycles. The molecule has 0 aromatic rings. The first-order chi connectivity index (χ1) is 5.13. The monoisotopic (exact) mass is 160 g/mol. The number of nitrogens with one attached hydrogen (secondary N) is 1. The summed E-state index contributed by atoms with van der Waals surface area (Å²) >= 11 is 0. The van der Waals surface area contributed by atoms with E-state index >= 15 is 0 Å². The van der Waals surface area contributed by atoms with Crippen LogP contribution >= 0.6 is 0 Å². The molecule has 0 spiro atoms. The number of carbonyl (C=O) groups excluding carboxylic acids is 1. The van der Waals surface area contributed by atoms with Crippen molar-refractivity contribution >= 4 is 11.9 Å². The SMILES string of the molecule is NC(=O)CCCNCC(=O)O. The molecule has 0 aliphatic carbocycles. The maximum absolute atomic E-state index is 10.2. The molecule has 0 bridgehead atoms. The van der Waals surface area contributed by atoms with Gasteiger partial charge in [0, 0.05) is 6.42 Å². The number of carboxylic acids is 1. The van der Waals surface area contributed by atoms with Gasteiger partial charge in [-0.15, -0.1) is 0 Å². The summed E-state index contributed by atoms with van der Waals surface area (Å²) < 4.78 is 0. The third kappa shape index (κ3) is 8.90. The molecule has 4 N–H and O–H groups in total. The molecule has 5 heteroatoms. The highest BCUT2D eigenvalue weighted by Crippen LogP contribution is 1.83. The zero-order valence-corrected chi connectivity index (χ0v) is 6.17. The van der Waals surface area contributed by atoms with Crippen LogP contribution in [-0.2, 0) is 9.59 Å². The number of hydrogen-bond donors (Lipinski definition) is 3. The molecule has 0 saturated carbocycles. The average molecular weight is 160 g/mol. The quantitative estimate of drug-likeness (QED) is 0.431. The van der Waals surface area contributed by atoms with Gasteiger partial charge in [0.2, 0.25) is 5.91 Å². The van der Waals surface area contributed by atoms with Crippen LogP contribution < -0.4 is 11.1 Å². The van der Waals surface area contributed by atoms with Crippen molar-refractivity contribution in [2.45, 2.75) is 12.8 Å². The summed E-state index contributed by atoms with van der Waals surface area (Å²) in [6.07, 6.45) is 0.884. The van der Waals surface area contributed by atoms with Gasteiger partial charge in [-0.05, 0) is 13.0 Å². The van der Waals surface area contributed by atoms with Crippen LogP contribution in [0.4, 0.5) is 0 Å². The Kier molecular flexibility index (Phi) is 5.10. The van der Waals surface area contributed by atoms with Crippen molar-refractivity contribution in [1.29, 1.82) is 0 Å². The molecule has 0 aromatic carbocycles. The lowest BCUT2D eigenvalue weighted by Crippen LogP contribution is -2.24. The van der Waals surface area contributed by atoms with E-state index in [1.807, 2.05) is 0 Å². The van der Waals surface area contributed by atoms with E-state index in [2.05, 4.69) is 5.32 Å². The third-order valence-corrected chi connectivity index (χ3v) is 1.05. The van der Waals surface area contributed by atoms with E-state index in [1.165, 1.54) is 0 Å². The third-order valence-electron chi connectivity index (χ3n) is 1.05. The van der Waals surface area contributed by atoms with Gasteiger partial charge in [-0.1, -0.05) is 0 Å². The van der Waals surface area contributed by atoms with E-state index < -0.39 is 5.97 Å². The fraction of sp³-hybridized carbons (Fsp3) is 0.667. The van der Waals surface area contributed by atoms with Gasteiger partial charge >= 0.3 is 5.97 Å². The first-order valence-corrected chi connectivity index (χ1v) is 3.33. The predicted molar refractivity (Wildman–Crippen MR) is 38.9 cm³/mol. The summed E-state index contributed by atoms with van der Waals surface area (Å²) in [7, 11) is 0. The minimum absolute atomic E-state index is 0.0707. The first-order valence-electron chi connectivity index (χ1n) is 3.33. The Bertz CT molecular complexity index is 131. The van der Waals surface area contributed by atoms with Crippen LogP contribution in [0, 0.1) is 0 Å². The maximum Gasteiger partial charge on any atom is 0.317 e. The normalized spacial score (nSPS) is 9.45. The van der Waals surface area contributed by atoms with Crippen LogP contribution in [0.25, 0.3) is 0 Å². The summed E-state index contributed by atoms with van der Waals surface area (Å²) in [5, 5.41) is 10.8. The van der Waals surface area contributed by atoms with E-state index in [1.54, 1.807) is 0 Å². The van der Waals surface area contributed by atoms with Crippen molar-refractivity contribution in [2.75, 3.05) is 13.1 Å². The zero-order chi connectivity index (χ0) is 8.69. The van der Waals surface area contributed by atoms with Crippen LogP contribution in [-0.4, -0.2) is 30.1 Å². The first kappa shape index (κ1) is 9.90. The van der Waals surface area contributed by atoms with E-state index in [-0.39, 0.29) is 12.5 Å². The Labute approximate surface area is 64.6 Å². The largest absolute Gasteiger partial charge is 0.480 e. The van der Waals surface area contributed by atoms with Gasteiger partial charge in [0.05, 0.1) is 6.54 Å². The highest BCUT2D eigenvalue weighted by atomic mass is 16.4. The van der Waals surface area contributed by atoms with Gasteiger partial charge in [0.1, 0.15) is 0 Å². The summed E-state index contributed by atoms with van der Waals surface area (Å²) in [6, 6.07) is 0. The number of carbonyl (C=O) groups is 2. The van der Waals surface area contributed by atoms with Crippen LogP contribution in [0.5, 0.6) is 0 Å². The van der Waals surface area contributed by atoms with Gasteiger partial charge in [0.15, 0.2) is 0 Å². The standard InChI is InChI=1S/C6H12N2O3/c7-5(9)2-1-3-8-4-6(10)11/h8H,1-4H2,(H2,7,9)(H,10,11). The van der Waals surface area contributed by atoms with E-state index in [0.29, 0.717) is 19.4 Å². The molecule has 0 aliphatic rings. The molecule has 0 aromatic heterocycles. The van der Waals surface area contributed by atoms with E-state index in [4.69, 9.17) is 10.8 Å². The number of hydrogen-bond acceptors (Lipinski definition) is 3. The van der Waals surface area contributed by atoms with E-state index in [0.717, 1.165) is 0 Å². The smallest absolute Gasteiger partial charge is 0.317 e. The van der Waals surface area contributed by atoms with Crippen molar-refractivity contribution in [2.24, 2.45) is 5.73 Å². The van der Waals surface area contributed by atoms with Gasteiger partial charge < -0.3 is 16.2 Å². The summed E-state index contributed by atoms with van der Waals surface area (Å²) in [5.41, 5.74) is 4.85. The van der Waals surface area contributed by atoms with Crippen molar-refractivity contribution in [3.63, 3.8) is 0 Å². The molecule has 0 unspecified atom stereocenters. The van der Waals surface area contributed by atoms with Gasteiger partial charge in [0.25, 0.3) is 0 Å². The van der Waals surface area contributed by atoms with Crippen LogP contribution in [0.3, 0.4) is 0 Å². The molecule has 64 valence electrons. The van der Waals surface area contributed by atoms with Crippen molar-refractivity contribution in [1.82, 2.24) is 5.32 Å². The van der Waals surface area contributed by atoms with E-state index in [9.17, 15) is 9.59 Å². The number of aliphatic carboxylic acids is 1. The minimum Gasteiger partial charge on any atom is -0.480 e. The molecule has 0 saturated heterocycles. The van der Waals surface area contributed by atoms with Crippen LogP contribution in [0.1, 0.15) is 12.8 Å². The molecule has 1 amide bonds. The maximum atomic E-state index is 10.2. The van der Waals surface area contributed by atoms with Crippen molar-refractivity contribution in [3.05, 3.63) is 0 Å². The lowest BCUT2D eigenvalue weighted by Gasteiger charge is -1.98. The molecule has 5 nitrogen and oxygen atoms in total. The molecule has 0 radical (unpaired) electrons. The van der Waals surface area contributed by atoms with Crippen molar-refractivity contribution in [3.8, 4) is 0 Å². The Morgan fingerprint density at radius 1 is 1.45 bits per heavy atom. The highest BCUT2D eigenvalue weighted by molar-refractivity contribution is 5.73. The predicted octanol–water partition coefficient (Wildman–Crippen LogP) is -1.07. The summed E-state index contributed by atoms with van der Waals surface area (Å²) in [6.45, 7) is 0.438. The number of rotatable bonds is 6. The highest BCUT2D eigenvalue weighted by Gasteiger charge is 1.96. The number of carboxylic acid groups (broad SMARTS) is 1. The average Bonchev–Trinajstić information content (AvgIpc) is 1.85. The summed E-state index contributed by atoms with van der Waals surface area (Å²) in [4.78, 5) is 20.1. The second-order valence-electron chi connectivity index (χ2n) is 2.14. The molecule has 0 heterocycles. The Morgan fingerprint density at radius 2 is 2.09 bits per heavy atom. The lowest BCUT2D eigenvalue weighted by molar-refractivity contribution is -0.135. The minimum atomic E-state index is -0.899. The lowest BCUT2D eigenvalue weighted by atomic mass is 10.3. The van der Waals surface area contributed by atoms with Crippen LogP contribution in [0.15, 0.2) is 0 Å². The van der Waals surface area contributed by atoms with Crippen LogP contribution in [0.2, 0.25) is 0 Å². The second-order valence-corrected chi connectivity index (χ2v) is 2.14. The summed E-state index contributed by atoms with van der Waals surface area (Å²) in [5.74, 6) is -1.26. The molecule has 11 heavy (non-hydrogen) atoms. The fourth-order valence-electron chi connectivity index (χ4n) is 0.583. The fourth-order valence-corrected chi connectivity index (χ4v) is 0.583.